The van der Waals surface area contributed by atoms with Gasteiger partial charge in [0, 0.05) is 36.3 Å². The number of rotatable bonds is 3. The average Bonchev–Trinajstić information content (AvgIpc) is 2.99. The maximum Gasteiger partial charge on any atom is 0.255 e. The van der Waals surface area contributed by atoms with Crippen molar-refractivity contribution in [1.29, 1.82) is 0 Å². The molecule has 0 bridgehead atoms. The third kappa shape index (κ3) is 3.48. The molecule has 0 spiro atoms. The van der Waals surface area contributed by atoms with E-state index in [0.717, 1.165) is 23.1 Å². The largest absolute Gasteiger partial charge is 0.464 e. The Bertz CT molecular complexity index is 918. The zero-order chi connectivity index (χ0) is 17.9. The summed E-state index contributed by atoms with van der Waals surface area (Å²) in [5.41, 5.74) is 3.54. The molecule has 0 aliphatic carbocycles. The Labute approximate surface area is 152 Å². The van der Waals surface area contributed by atoms with Crippen LogP contribution >= 0.6 is 0 Å². The molecule has 0 saturated carbocycles. The van der Waals surface area contributed by atoms with Gasteiger partial charge >= 0.3 is 0 Å². The van der Waals surface area contributed by atoms with Gasteiger partial charge in [-0.15, -0.1) is 0 Å². The van der Waals surface area contributed by atoms with Gasteiger partial charge in [-0.2, -0.15) is 0 Å². The fraction of sp³-hybridized carbons (Fsp3) is 0.333. The molecule has 0 radical (unpaired) electrons. The van der Waals surface area contributed by atoms with Crippen LogP contribution in [0.25, 0.3) is 11.0 Å². The van der Waals surface area contributed by atoms with E-state index in [-0.39, 0.29) is 11.8 Å². The molecule has 5 heteroatoms. The normalized spacial score (nSPS) is 18.0. The van der Waals surface area contributed by atoms with E-state index < -0.39 is 0 Å². The van der Waals surface area contributed by atoms with Crippen LogP contribution in [0.1, 0.15) is 21.6 Å². The molecule has 5 nitrogen and oxygen atoms in total. The van der Waals surface area contributed by atoms with Crippen LogP contribution in [0.3, 0.4) is 0 Å². The Morgan fingerprint density at radius 1 is 1.31 bits per heavy atom. The molecule has 2 aromatic heterocycles. The number of hydrogen-bond acceptors (Lipinski definition) is 4. The number of pyridine rings is 1. The van der Waals surface area contributed by atoms with Crippen molar-refractivity contribution in [3.8, 4) is 0 Å². The summed E-state index contributed by atoms with van der Waals surface area (Å²) in [4.78, 5) is 19.1. The molecular weight excluding hydrogens is 328 g/mol. The number of carbonyl (C=O) groups excluding carboxylic acids is 1. The maximum absolute atomic E-state index is 12.9. The monoisotopic (exact) mass is 350 g/mol. The SMILES string of the molecule is Cc1ncccc1C(=O)N1CCOC[C@H](Cc2ccc3ccoc3c2)C1. The molecule has 4 rings (SSSR count). The number of ether oxygens (including phenoxy) is 1. The van der Waals surface area contributed by atoms with Crippen LogP contribution in [0.4, 0.5) is 0 Å². The number of amides is 1. The summed E-state index contributed by atoms with van der Waals surface area (Å²) >= 11 is 0. The number of aromatic nitrogens is 1. The predicted octanol–water partition coefficient (Wildman–Crippen LogP) is 3.47. The minimum atomic E-state index is 0.0348. The second-order valence-electron chi connectivity index (χ2n) is 6.83. The van der Waals surface area contributed by atoms with Crippen LogP contribution in [0, 0.1) is 12.8 Å². The van der Waals surface area contributed by atoms with Gasteiger partial charge in [0.2, 0.25) is 0 Å². The van der Waals surface area contributed by atoms with Crippen molar-refractivity contribution in [1.82, 2.24) is 9.88 Å². The van der Waals surface area contributed by atoms with Gasteiger partial charge in [-0.3, -0.25) is 9.78 Å². The van der Waals surface area contributed by atoms with Crippen molar-refractivity contribution in [3.63, 3.8) is 0 Å². The van der Waals surface area contributed by atoms with Gasteiger partial charge in [-0.1, -0.05) is 12.1 Å². The lowest BCUT2D eigenvalue weighted by Crippen LogP contribution is -2.36. The van der Waals surface area contributed by atoms with E-state index in [1.807, 2.05) is 30.0 Å². The van der Waals surface area contributed by atoms with Crippen molar-refractivity contribution in [2.75, 3.05) is 26.3 Å². The molecule has 3 heterocycles. The molecule has 1 aliphatic rings. The van der Waals surface area contributed by atoms with Gasteiger partial charge in [0.25, 0.3) is 5.91 Å². The zero-order valence-electron chi connectivity index (χ0n) is 14.9. The van der Waals surface area contributed by atoms with E-state index in [1.165, 1.54) is 5.56 Å². The Balaban J connectivity index is 1.50. The highest BCUT2D eigenvalue weighted by atomic mass is 16.5. The van der Waals surface area contributed by atoms with E-state index in [9.17, 15) is 4.79 Å². The van der Waals surface area contributed by atoms with Gasteiger partial charge in [-0.05, 0) is 43.2 Å². The highest BCUT2D eigenvalue weighted by Gasteiger charge is 2.24. The Kier molecular flexibility index (Phi) is 4.71. The van der Waals surface area contributed by atoms with Crippen molar-refractivity contribution < 1.29 is 13.9 Å². The summed E-state index contributed by atoms with van der Waals surface area (Å²) in [5, 5.41) is 1.11. The number of aryl methyl sites for hydroxylation is 1. The fourth-order valence-corrected chi connectivity index (χ4v) is 3.53. The topological polar surface area (TPSA) is 55.6 Å². The van der Waals surface area contributed by atoms with Crippen molar-refractivity contribution in [2.24, 2.45) is 5.92 Å². The number of benzene rings is 1. The van der Waals surface area contributed by atoms with Crippen molar-refractivity contribution in [3.05, 3.63) is 65.7 Å². The minimum Gasteiger partial charge on any atom is -0.464 e. The lowest BCUT2D eigenvalue weighted by Gasteiger charge is -2.24. The third-order valence-electron chi connectivity index (χ3n) is 4.91. The van der Waals surface area contributed by atoms with E-state index >= 15 is 0 Å². The minimum absolute atomic E-state index is 0.0348. The predicted molar refractivity (Wildman–Crippen MR) is 99.1 cm³/mol. The number of hydrogen-bond donors (Lipinski definition) is 0. The van der Waals surface area contributed by atoms with Crippen LogP contribution in [0.2, 0.25) is 0 Å². The van der Waals surface area contributed by atoms with E-state index in [4.69, 9.17) is 9.15 Å². The molecular formula is C21H22N2O3. The Morgan fingerprint density at radius 2 is 2.23 bits per heavy atom. The Morgan fingerprint density at radius 3 is 3.12 bits per heavy atom. The second kappa shape index (κ2) is 7.30. The van der Waals surface area contributed by atoms with Crippen LogP contribution in [-0.2, 0) is 11.2 Å². The summed E-state index contributed by atoms with van der Waals surface area (Å²) in [6.07, 6.45) is 4.28. The lowest BCUT2D eigenvalue weighted by molar-refractivity contribution is 0.0736. The molecule has 0 N–H and O–H groups in total. The van der Waals surface area contributed by atoms with Gasteiger partial charge < -0.3 is 14.1 Å². The summed E-state index contributed by atoms with van der Waals surface area (Å²) in [7, 11) is 0. The first-order chi connectivity index (χ1) is 12.7. The van der Waals surface area contributed by atoms with Gasteiger partial charge in [0.1, 0.15) is 5.58 Å². The number of furan rings is 1. The molecule has 1 fully saturated rings. The first-order valence-corrected chi connectivity index (χ1v) is 8.95. The van der Waals surface area contributed by atoms with Crippen molar-refractivity contribution >= 4 is 16.9 Å². The molecule has 134 valence electrons. The highest BCUT2D eigenvalue weighted by molar-refractivity contribution is 5.95. The number of fused-ring (bicyclic) bond motifs is 1. The second-order valence-corrected chi connectivity index (χ2v) is 6.83. The molecule has 0 unspecified atom stereocenters. The molecule has 1 aromatic carbocycles. The van der Waals surface area contributed by atoms with E-state index in [2.05, 4.69) is 23.2 Å². The summed E-state index contributed by atoms with van der Waals surface area (Å²) in [6, 6.07) is 11.9. The smallest absolute Gasteiger partial charge is 0.255 e. The number of carbonyl (C=O) groups is 1. The van der Waals surface area contributed by atoms with Gasteiger partial charge in [0.05, 0.1) is 25.0 Å². The molecule has 26 heavy (non-hydrogen) atoms. The Hall–Kier alpha value is -2.66. The first-order valence-electron chi connectivity index (χ1n) is 8.95. The van der Waals surface area contributed by atoms with Crippen molar-refractivity contribution in [2.45, 2.75) is 13.3 Å². The standard InChI is InChI=1S/C21H22N2O3/c1-15-19(3-2-7-22-15)21(24)23-8-10-25-14-17(13-23)11-16-4-5-18-6-9-26-20(18)12-16/h2-7,9,12,17H,8,10-11,13-14H2,1H3/t17-/m1/s1. The lowest BCUT2D eigenvalue weighted by atomic mass is 9.98. The molecule has 1 aliphatic heterocycles. The van der Waals surface area contributed by atoms with Crippen LogP contribution in [-0.4, -0.2) is 42.1 Å². The zero-order valence-corrected chi connectivity index (χ0v) is 14.9. The average molecular weight is 350 g/mol. The third-order valence-corrected chi connectivity index (χ3v) is 4.91. The quantitative estimate of drug-likeness (QED) is 0.726. The van der Waals surface area contributed by atoms with Gasteiger partial charge in [0.15, 0.2) is 0 Å². The summed E-state index contributed by atoms with van der Waals surface area (Å²) in [5.74, 6) is 0.290. The number of nitrogens with zero attached hydrogens (tertiary/aromatic N) is 2. The fourth-order valence-electron chi connectivity index (χ4n) is 3.53. The maximum atomic E-state index is 12.9. The van der Waals surface area contributed by atoms with E-state index in [1.54, 1.807) is 12.5 Å². The van der Waals surface area contributed by atoms with Crippen LogP contribution in [0.15, 0.2) is 53.3 Å². The molecule has 1 atom stereocenters. The first kappa shape index (κ1) is 16.8. The van der Waals surface area contributed by atoms with E-state index in [0.29, 0.717) is 31.9 Å². The van der Waals surface area contributed by atoms with Crippen LogP contribution < -0.4 is 0 Å². The van der Waals surface area contributed by atoms with Gasteiger partial charge in [-0.25, -0.2) is 0 Å². The molecule has 1 saturated heterocycles. The molecule has 1 amide bonds. The highest BCUT2D eigenvalue weighted by Crippen LogP contribution is 2.21. The summed E-state index contributed by atoms with van der Waals surface area (Å²) in [6.45, 7) is 4.40. The van der Waals surface area contributed by atoms with Crippen LogP contribution in [0.5, 0.6) is 0 Å². The summed E-state index contributed by atoms with van der Waals surface area (Å²) < 4.78 is 11.3. The molecule has 3 aromatic rings.